The van der Waals surface area contributed by atoms with Gasteiger partial charge in [-0.1, -0.05) is 33.6 Å². The van der Waals surface area contributed by atoms with E-state index in [4.69, 9.17) is 20.8 Å². The molecule has 2 aromatic rings. The van der Waals surface area contributed by atoms with Gasteiger partial charge in [-0.05, 0) is 45.8 Å². The lowest BCUT2D eigenvalue weighted by Crippen LogP contribution is -1.93. The SMILES string of the molecule is COc1ccc(C(Br)c2ccc(Br)o2)c(Cl)c1. The van der Waals surface area contributed by atoms with E-state index in [1.165, 1.54) is 0 Å². The van der Waals surface area contributed by atoms with Crippen molar-refractivity contribution in [2.75, 3.05) is 7.11 Å². The lowest BCUT2D eigenvalue weighted by molar-refractivity contribution is 0.414. The van der Waals surface area contributed by atoms with Crippen molar-refractivity contribution < 1.29 is 9.15 Å². The molecular formula is C12H9Br2ClO2. The van der Waals surface area contributed by atoms with Gasteiger partial charge in [0, 0.05) is 5.02 Å². The van der Waals surface area contributed by atoms with Crippen molar-refractivity contribution in [1.29, 1.82) is 0 Å². The molecule has 1 atom stereocenters. The second-order valence-electron chi connectivity index (χ2n) is 3.39. The zero-order valence-corrected chi connectivity index (χ0v) is 12.8. The molecular weight excluding hydrogens is 371 g/mol. The summed E-state index contributed by atoms with van der Waals surface area (Å²) in [4.78, 5) is -0.0767. The first-order valence-electron chi connectivity index (χ1n) is 4.84. The molecule has 17 heavy (non-hydrogen) atoms. The minimum Gasteiger partial charge on any atom is -0.497 e. The Morgan fingerprint density at radius 3 is 2.59 bits per heavy atom. The van der Waals surface area contributed by atoms with Crippen molar-refractivity contribution in [2.45, 2.75) is 4.83 Å². The van der Waals surface area contributed by atoms with Crippen molar-refractivity contribution in [3.63, 3.8) is 0 Å². The van der Waals surface area contributed by atoms with E-state index >= 15 is 0 Å². The lowest BCUT2D eigenvalue weighted by atomic mass is 10.1. The largest absolute Gasteiger partial charge is 0.497 e. The van der Waals surface area contributed by atoms with Crippen molar-refractivity contribution in [1.82, 2.24) is 0 Å². The van der Waals surface area contributed by atoms with Gasteiger partial charge in [-0.25, -0.2) is 0 Å². The van der Waals surface area contributed by atoms with Crippen LogP contribution in [0, 0.1) is 0 Å². The topological polar surface area (TPSA) is 22.4 Å². The predicted molar refractivity (Wildman–Crippen MR) is 75.2 cm³/mol. The Morgan fingerprint density at radius 1 is 1.29 bits per heavy atom. The van der Waals surface area contributed by atoms with Crippen LogP contribution in [0.4, 0.5) is 0 Å². The van der Waals surface area contributed by atoms with Gasteiger partial charge in [0.2, 0.25) is 0 Å². The number of halogens is 3. The van der Waals surface area contributed by atoms with Crippen LogP contribution in [0.5, 0.6) is 5.75 Å². The Morgan fingerprint density at radius 2 is 2.06 bits per heavy atom. The number of alkyl halides is 1. The fourth-order valence-corrected chi connectivity index (χ4v) is 2.83. The average Bonchev–Trinajstić information content (AvgIpc) is 2.75. The third kappa shape index (κ3) is 2.87. The maximum atomic E-state index is 6.20. The molecule has 1 aromatic heterocycles. The van der Waals surface area contributed by atoms with E-state index in [0.29, 0.717) is 9.69 Å². The van der Waals surface area contributed by atoms with E-state index in [1.807, 2.05) is 24.3 Å². The van der Waals surface area contributed by atoms with Crippen LogP contribution in [0.1, 0.15) is 16.2 Å². The molecule has 0 aliphatic carbocycles. The maximum Gasteiger partial charge on any atom is 0.169 e. The van der Waals surface area contributed by atoms with Crippen molar-refractivity contribution in [3.8, 4) is 5.75 Å². The van der Waals surface area contributed by atoms with Gasteiger partial charge in [-0.2, -0.15) is 0 Å². The first kappa shape index (κ1) is 13.0. The summed E-state index contributed by atoms with van der Waals surface area (Å²) >= 11 is 13.0. The first-order chi connectivity index (χ1) is 8.11. The van der Waals surface area contributed by atoms with Gasteiger partial charge in [0.1, 0.15) is 11.5 Å². The number of methoxy groups -OCH3 is 1. The third-order valence-electron chi connectivity index (χ3n) is 2.32. The Kier molecular flexibility index (Phi) is 4.17. The molecule has 1 aromatic carbocycles. The van der Waals surface area contributed by atoms with E-state index in [2.05, 4.69) is 31.9 Å². The summed E-state index contributed by atoms with van der Waals surface area (Å²) in [6.07, 6.45) is 0. The molecule has 5 heteroatoms. The highest BCUT2D eigenvalue weighted by atomic mass is 79.9. The zero-order valence-electron chi connectivity index (χ0n) is 8.91. The summed E-state index contributed by atoms with van der Waals surface area (Å²) in [5, 5.41) is 0.638. The van der Waals surface area contributed by atoms with Crippen LogP contribution in [-0.4, -0.2) is 7.11 Å². The quantitative estimate of drug-likeness (QED) is 0.684. The highest BCUT2D eigenvalue weighted by Gasteiger charge is 2.17. The second kappa shape index (κ2) is 5.46. The molecule has 0 aliphatic rings. The van der Waals surface area contributed by atoms with Crippen LogP contribution in [0.25, 0.3) is 0 Å². The molecule has 2 rings (SSSR count). The Labute approximate surface area is 121 Å². The van der Waals surface area contributed by atoms with Crippen LogP contribution in [0.3, 0.4) is 0 Å². The van der Waals surface area contributed by atoms with Crippen molar-refractivity contribution in [3.05, 3.63) is 51.3 Å². The van der Waals surface area contributed by atoms with Gasteiger partial charge in [-0.15, -0.1) is 0 Å². The molecule has 0 N–H and O–H groups in total. The summed E-state index contributed by atoms with van der Waals surface area (Å²) in [6.45, 7) is 0. The van der Waals surface area contributed by atoms with Crippen molar-refractivity contribution >= 4 is 43.5 Å². The van der Waals surface area contributed by atoms with Crippen LogP contribution < -0.4 is 4.74 Å². The molecule has 90 valence electrons. The molecule has 0 bridgehead atoms. The summed E-state index contributed by atoms with van der Waals surface area (Å²) in [7, 11) is 1.61. The number of rotatable bonds is 3. The fourth-order valence-electron chi connectivity index (χ4n) is 1.46. The van der Waals surface area contributed by atoms with E-state index in [1.54, 1.807) is 13.2 Å². The van der Waals surface area contributed by atoms with E-state index in [0.717, 1.165) is 17.1 Å². The van der Waals surface area contributed by atoms with E-state index < -0.39 is 0 Å². The normalized spacial score (nSPS) is 12.5. The number of benzene rings is 1. The Hall–Kier alpha value is -0.450. The van der Waals surface area contributed by atoms with Gasteiger partial charge in [-0.3, -0.25) is 0 Å². The molecule has 0 amide bonds. The van der Waals surface area contributed by atoms with Crippen LogP contribution in [0.15, 0.2) is 39.4 Å². The zero-order chi connectivity index (χ0) is 12.4. The van der Waals surface area contributed by atoms with Gasteiger partial charge >= 0.3 is 0 Å². The maximum absolute atomic E-state index is 6.20. The molecule has 0 fully saturated rings. The van der Waals surface area contributed by atoms with Crippen LogP contribution in [0.2, 0.25) is 5.02 Å². The van der Waals surface area contributed by atoms with Gasteiger partial charge in [0.05, 0.1) is 11.9 Å². The molecule has 0 saturated heterocycles. The smallest absolute Gasteiger partial charge is 0.169 e. The molecule has 1 unspecified atom stereocenters. The molecule has 0 spiro atoms. The molecule has 0 saturated carbocycles. The van der Waals surface area contributed by atoms with Gasteiger partial charge in [0.25, 0.3) is 0 Å². The average molecular weight is 380 g/mol. The Bertz CT molecular complexity index is 525. The molecule has 2 nitrogen and oxygen atoms in total. The highest BCUT2D eigenvalue weighted by Crippen LogP contribution is 2.38. The summed E-state index contributed by atoms with van der Waals surface area (Å²) in [5.41, 5.74) is 0.939. The monoisotopic (exact) mass is 378 g/mol. The fraction of sp³-hybridized carbons (Fsp3) is 0.167. The van der Waals surface area contributed by atoms with Crippen LogP contribution >= 0.6 is 43.5 Å². The Balaban J connectivity index is 2.34. The number of hydrogen-bond donors (Lipinski definition) is 0. The standard InChI is InChI=1S/C12H9Br2ClO2/c1-16-7-2-3-8(9(15)6-7)12(14)10-4-5-11(13)17-10/h2-6,12H,1H3. The number of hydrogen-bond acceptors (Lipinski definition) is 2. The summed E-state index contributed by atoms with van der Waals surface area (Å²) in [5.74, 6) is 1.53. The van der Waals surface area contributed by atoms with E-state index in [9.17, 15) is 0 Å². The molecule has 0 aliphatic heterocycles. The highest BCUT2D eigenvalue weighted by molar-refractivity contribution is 9.10. The second-order valence-corrected chi connectivity index (χ2v) is 5.50. The van der Waals surface area contributed by atoms with Gasteiger partial charge < -0.3 is 9.15 Å². The number of ether oxygens (including phenoxy) is 1. The van der Waals surface area contributed by atoms with Gasteiger partial charge in [0.15, 0.2) is 4.67 Å². The first-order valence-corrected chi connectivity index (χ1v) is 6.93. The van der Waals surface area contributed by atoms with Crippen molar-refractivity contribution in [2.24, 2.45) is 0 Å². The summed E-state index contributed by atoms with van der Waals surface area (Å²) in [6, 6.07) is 9.30. The van der Waals surface area contributed by atoms with Crippen LogP contribution in [-0.2, 0) is 0 Å². The minimum absolute atomic E-state index is 0.0767. The number of furan rings is 1. The van der Waals surface area contributed by atoms with E-state index in [-0.39, 0.29) is 4.83 Å². The lowest BCUT2D eigenvalue weighted by Gasteiger charge is -2.10. The minimum atomic E-state index is -0.0767. The molecule has 1 heterocycles. The third-order valence-corrected chi connectivity index (χ3v) is 4.02. The summed E-state index contributed by atoms with van der Waals surface area (Å²) < 4.78 is 11.3. The molecule has 0 radical (unpaired) electrons. The predicted octanol–water partition coefficient (Wildman–Crippen LogP) is 5.19.